The van der Waals surface area contributed by atoms with Gasteiger partial charge in [-0.1, -0.05) is 31.9 Å². The van der Waals surface area contributed by atoms with Gasteiger partial charge in [-0.2, -0.15) is 13.2 Å². The van der Waals surface area contributed by atoms with Crippen molar-refractivity contribution in [3.8, 4) is 0 Å². The maximum Gasteiger partial charge on any atom is 0.398 e. The van der Waals surface area contributed by atoms with Crippen LogP contribution in [0, 0.1) is 0 Å². The lowest BCUT2D eigenvalue weighted by Crippen LogP contribution is -2.35. The molecule has 21 heavy (non-hydrogen) atoms. The number of anilines is 1. The van der Waals surface area contributed by atoms with Crippen LogP contribution < -0.4 is 11.1 Å². The molecule has 0 aliphatic rings. The third-order valence-electron chi connectivity index (χ3n) is 2.74. The van der Waals surface area contributed by atoms with Crippen molar-refractivity contribution < 1.29 is 18.0 Å². The minimum Gasteiger partial charge on any atom is -0.324 e. The Morgan fingerprint density at radius 2 is 2.05 bits per heavy atom. The molecule has 0 saturated carbocycles. The molecule has 0 radical (unpaired) electrons. The Kier molecular flexibility index (Phi) is 7.04. The Bertz CT molecular complexity index is 466. The molecular formula is C14H19F3N2OS. The molecule has 3 nitrogen and oxygen atoms in total. The van der Waals surface area contributed by atoms with E-state index in [2.05, 4.69) is 5.32 Å². The Labute approximate surface area is 126 Å². The number of hydrogen-bond donors (Lipinski definition) is 2. The molecule has 1 aromatic rings. The highest BCUT2D eigenvalue weighted by Crippen LogP contribution is 2.32. The van der Waals surface area contributed by atoms with Gasteiger partial charge in [0.05, 0.1) is 17.5 Å². The molecule has 0 aliphatic carbocycles. The lowest BCUT2D eigenvalue weighted by Gasteiger charge is -2.15. The Balaban J connectivity index is 2.68. The minimum absolute atomic E-state index is 0.365. The second-order valence-electron chi connectivity index (χ2n) is 4.64. The van der Waals surface area contributed by atoms with Crippen LogP contribution in [0.4, 0.5) is 18.9 Å². The molecule has 118 valence electrons. The number of nitrogens with two attached hydrogens (primary N) is 1. The third kappa shape index (κ3) is 6.86. The van der Waals surface area contributed by atoms with Crippen molar-refractivity contribution in [1.29, 1.82) is 0 Å². The zero-order valence-corrected chi connectivity index (χ0v) is 12.6. The summed E-state index contributed by atoms with van der Waals surface area (Å²) < 4.78 is 36.8. The molecule has 1 rings (SSSR count). The van der Waals surface area contributed by atoms with Gasteiger partial charge in [-0.3, -0.25) is 4.79 Å². The van der Waals surface area contributed by atoms with E-state index in [0.29, 0.717) is 28.8 Å². The first-order valence-electron chi connectivity index (χ1n) is 6.68. The number of halogens is 3. The first-order chi connectivity index (χ1) is 9.83. The number of benzene rings is 1. The van der Waals surface area contributed by atoms with E-state index in [9.17, 15) is 18.0 Å². The van der Waals surface area contributed by atoms with E-state index in [4.69, 9.17) is 5.73 Å². The summed E-state index contributed by atoms with van der Waals surface area (Å²) >= 11 is 0.645. The molecule has 0 heterocycles. The van der Waals surface area contributed by atoms with Crippen LogP contribution in [0.5, 0.6) is 0 Å². The van der Waals surface area contributed by atoms with Crippen LogP contribution in [0.1, 0.15) is 26.2 Å². The van der Waals surface area contributed by atoms with Crippen LogP contribution >= 0.6 is 11.8 Å². The summed E-state index contributed by atoms with van der Waals surface area (Å²) in [5.41, 5.74) is 6.11. The van der Waals surface area contributed by atoms with E-state index < -0.39 is 18.0 Å². The number of para-hydroxylation sites is 1. The summed E-state index contributed by atoms with van der Waals surface area (Å²) in [6.45, 7) is 1.99. The maximum absolute atomic E-state index is 12.3. The van der Waals surface area contributed by atoms with E-state index in [1.54, 1.807) is 24.3 Å². The predicted octanol–water partition coefficient (Wildman–Crippen LogP) is 3.80. The van der Waals surface area contributed by atoms with Crippen molar-refractivity contribution >= 4 is 23.4 Å². The van der Waals surface area contributed by atoms with Gasteiger partial charge in [0, 0.05) is 4.90 Å². The third-order valence-corrected chi connectivity index (χ3v) is 3.88. The first kappa shape index (κ1) is 17.8. The average Bonchev–Trinajstić information content (AvgIpc) is 2.42. The van der Waals surface area contributed by atoms with Gasteiger partial charge in [0.1, 0.15) is 0 Å². The van der Waals surface area contributed by atoms with Crippen LogP contribution in [0.2, 0.25) is 0 Å². The molecule has 1 aromatic carbocycles. The zero-order valence-electron chi connectivity index (χ0n) is 11.7. The van der Waals surface area contributed by atoms with Gasteiger partial charge in [-0.25, -0.2) is 0 Å². The van der Waals surface area contributed by atoms with Gasteiger partial charge in [-0.15, -0.1) is 11.8 Å². The molecule has 1 amide bonds. The number of carbonyl (C=O) groups is 1. The van der Waals surface area contributed by atoms with Gasteiger partial charge in [-0.05, 0) is 18.6 Å². The number of amides is 1. The molecule has 0 fully saturated rings. The number of thioether (sulfide) groups is 1. The number of alkyl halides is 3. The van der Waals surface area contributed by atoms with Gasteiger partial charge < -0.3 is 11.1 Å². The molecule has 0 spiro atoms. The van der Waals surface area contributed by atoms with Gasteiger partial charge in [0.25, 0.3) is 0 Å². The molecule has 0 aliphatic heterocycles. The minimum atomic E-state index is -4.25. The van der Waals surface area contributed by atoms with Crippen LogP contribution in [0.25, 0.3) is 0 Å². The fourth-order valence-electron chi connectivity index (χ4n) is 1.64. The SMILES string of the molecule is CCCCC(N)C(=O)Nc1ccccc1SCC(F)(F)F. The van der Waals surface area contributed by atoms with Crippen molar-refractivity contribution in [1.82, 2.24) is 0 Å². The van der Waals surface area contributed by atoms with Crippen molar-refractivity contribution in [2.75, 3.05) is 11.1 Å². The van der Waals surface area contributed by atoms with Crippen molar-refractivity contribution in [2.24, 2.45) is 5.73 Å². The lowest BCUT2D eigenvalue weighted by molar-refractivity contribution is -0.117. The number of nitrogens with one attached hydrogen (secondary N) is 1. The zero-order chi connectivity index (χ0) is 15.9. The van der Waals surface area contributed by atoms with E-state index in [1.165, 1.54) is 0 Å². The predicted molar refractivity (Wildman–Crippen MR) is 79.4 cm³/mol. The molecule has 7 heteroatoms. The summed E-state index contributed by atoms with van der Waals surface area (Å²) in [5.74, 6) is -1.37. The number of carbonyl (C=O) groups excluding carboxylic acids is 1. The Hall–Kier alpha value is -1.21. The monoisotopic (exact) mass is 320 g/mol. The Morgan fingerprint density at radius 3 is 2.67 bits per heavy atom. The topological polar surface area (TPSA) is 55.1 Å². The average molecular weight is 320 g/mol. The van der Waals surface area contributed by atoms with E-state index >= 15 is 0 Å². The molecule has 0 aromatic heterocycles. The summed E-state index contributed by atoms with van der Waals surface area (Å²) in [7, 11) is 0. The molecular weight excluding hydrogens is 301 g/mol. The number of unbranched alkanes of at least 4 members (excludes halogenated alkanes) is 1. The normalized spacial score (nSPS) is 13.0. The first-order valence-corrected chi connectivity index (χ1v) is 7.67. The van der Waals surface area contributed by atoms with E-state index in [1.807, 2.05) is 6.92 Å². The van der Waals surface area contributed by atoms with Crippen LogP contribution in [-0.2, 0) is 4.79 Å². The fraction of sp³-hybridized carbons (Fsp3) is 0.500. The van der Waals surface area contributed by atoms with Gasteiger partial charge in [0.15, 0.2) is 0 Å². The highest BCUT2D eigenvalue weighted by atomic mass is 32.2. The fourth-order valence-corrected chi connectivity index (χ4v) is 2.40. The van der Waals surface area contributed by atoms with Crippen molar-refractivity contribution in [3.05, 3.63) is 24.3 Å². The summed E-state index contributed by atoms with van der Waals surface area (Å²) in [6.07, 6.45) is -1.93. The van der Waals surface area contributed by atoms with Gasteiger partial charge in [0.2, 0.25) is 5.91 Å². The van der Waals surface area contributed by atoms with Crippen molar-refractivity contribution in [3.63, 3.8) is 0 Å². The molecule has 3 N–H and O–H groups in total. The molecule has 1 unspecified atom stereocenters. The summed E-state index contributed by atoms with van der Waals surface area (Å²) in [4.78, 5) is 12.3. The second kappa shape index (κ2) is 8.29. The quantitative estimate of drug-likeness (QED) is 0.751. The van der Waals surface area contributed by atoms with E-state index in [0.717, 1.165) is 12.8 Å². The van der Waals surface area contributed by atoms with Crippen LogP contribution in [0.15, 0.2) is 29.2 Å². The molecule has 0 saturated heterocycles. The van der Waals surface area contributed by atoms with Crippen LogP contribution in [0.3, 0.4) is 0 Å². The standard InChI is InChI=1S/C14H19F3N2OS/c1-2-3-6-10(18)13(20)19-11-7-4-5-8-12(11)21-9-14(15,16)17/h4-5,7-8,10H,2-3,6,9,18H2,1H3,(H,19,20). The molecule has 0 bridgehead atoms. The Morgan fingerprint density at radius 1 is 1.38 bits per heavy atom. The van der Waals surface area contributed by atoms with E-state index in [-0.39, 0.29) is 5.91 Å². The van der Waals surface area contributed by atoms with Crippen molar-refractivity contribution in [2.45, 2.75) is 43.3 Å². The summed E-state index contributed by atoms with van der Waals surface area (Å²) in [5, 5.41) is 2.60. The second-order valence-corrected chi connectivity index (χ2v) is 5.66. The summed E-state index contributed by atoms with van der Waals surface area (Å²) in [6, 6.07) is 5.76. The largest absolute Gasteiger partial charge is 0.398 e. The highest BCUT2D eigenvalue weighted by molar-refractivity contribution is 7.99. The lowest BCUT2D eigenvalue weighted by atomic mass is 10.1. The van der Waals surface area contributed by atoms with Gasteiger partial charge >= 0.3 is 6.18 Å². The maximum atomic E-state index is 12.3. The number of hydrogen-bond acceptors (Lipinski definition) is 3. The molecule has 1 atom stereocenters. The number of rotatable bonds is 7. The smallest absolute Gasteiger partial charge is 0.324 e. The highest BCUT2D eigenvalue weighted by Gasteiger charge is 2.27. The van der Waals surface area contributed by atoms with Crippen LogP contribution in [-0.4, -0.2) is 23.9 Å².